The number of nitro groups is 1. The van der Waals surface area contributed by atoms with Crippen molar-refractivity contribution in [3.63, 3.8) is 0 Å². The van der Waals surface area contributed by atoms with Crippen LogP contribution in [-0.4, -0.2) is 16.9 Å². The summed E-state index contributed by atoms with van der Waals surface area (Å²) in [5.41, 5.74) is 0.300. The summed E-state index contributed by atoms with van der Waals surface area (Å²) in [5.74, 6) is -1.30. The largest absolute Gasteiger partial charge is 0.426 e. The van der Waals surface area contributed by atoms with E-state index in [-0.39, 0.29) is 22.7 Å². The van der Waals surface area contributed by atoms with Crippen LogP contribution in [0.4, 0.5) is 5.69 Å². The number of aryl methyl sites for hydroxylation is 1. The standard InChI is InChI=1S/C12H13NO6/c1-6-5-10(13(16)17)12(19-9(4)15)7(2)11(6)18-8(3)14/h5H,1-4H3. The van der Waals surface area contributed by atoms with Gasteiger partial charge in [-0.3, -0.25) is 19.7 Å². The molecule has 0 heterocycles. The highest BCUT2D eigenvalue weighted by molar-refractivity contribution is 5.76. The van der Waals surface area contributed by atoms with Crippen molar-refractivity contribution in [3.05, 3.63) is 27.3 Å². The average molecular weight is 267 g/mol. The third-order valence-electron chi connectivity index (χ3n) is 2.31. The highest BCUT2D eigenvalue weighted by Crippen LogP contribution is 2.39. The maximum absolute atomic E-state index is 11.0. The molecular formula is C12H13NO6. The van der Waals surface area contributed by atoms with E-state index in [1.165, 1.54) is 19.9 Å². The third kappa shape index (κ3) is 3.27. The normalized spacial score (nSPS) is 9.89. The summed E-state index contributed by atoms with van der Waals surface area (Å²) < 4.78 is 9.82. The van der Waals surface area contributed by atoms with Crippen LogP contribution in [0.5, 0.6) is 11.5 Å². The highest BCUT2D eigenvalue weighted by atomic mass is 16.6. The Hall–Kier alpha value is -2.44. The number of nitrogens with zero attached hydrogens (tertiary/aromatic N) is 1. The average Bonchev–Trinajstić information content (AvgIpc) is 2.26. The number of esters is 2. The molecule has 0 spiro atoms. The monoisotopic (exact) mass is 267 g/mol. The smallest absolute Gasteiger partial charge is 0.312 e. The summed E-state index contributed by atoms with van der Waals surface area (Å²) in [6, 6.07) is 1.20. The molecule has 0 fully saturated rings. The van der Waals surface area contributed by atoms with Crippen molar-refractivity contribution in [2.75, 3.05) is 0 Å². The van der Waals surface area contributed by atoms with Gasteiger partial charge in [-0.25, -0.2) is 0 Å². The van der Waals surface area contributed by atoms with Crippen molar-refractivity contribution >= 4 is 17.6 Å². The molecule has 1 aromatic rings. The number of carbonyl (C=O) groups excluding carboxylic acids is 2. The molecule has 0 atom stereocenters. The molecule has 0 N–H and O–H groups in total. The van der Waals surface area contributed by atoms with Crippen molar-refractivity contribution in [3.8, 4) is 11.5 Å². The molecule has 0 unspecified atom stereocenters. The van der Waals surface area contributed by atoms with Gasteiger partial charge in [0.1, 0.15) is 5.75 Å². The maximum Gasteiger partial charge on any atom is 0.312 e. The predicted octanol–water partition coefficient (Wildman–Crippen LogP) is 2.06. The third-order valence-corrected chi connectivity index (χ3v) is 2.31. The lowest BCUT2D eigenvalue weighted by Crippen LogP contribution is -2.10. The lowest BCUT2D eigenvalue weighted by Gasteiger charge is -2.13. The zero-order chi connectivity index (χ0) is 14.7. The second kappa shape index (κ2) is 5.47. The van der Waals surface area contributed by atoms with E-state index in [9.17, 15) is 19.7 Å². The van der Waals surface area contributed by atoms with Crippen LogP contribution in [-0.2, 0) is 9.59 Å². The maximum atomic E-state index is 11.0. The van der Waals surface area contributed by atoms with Gasteiger partial charge in [-0.2, -0.15) is 0 Å². The zero-order valence-corrected chi connectivity index (χ0v) is 11.0. The molecule has 1 aromatic carbocycles. The first-order chi connectivity index (χ1) is 8.73. The number of hydrogen-bond acceptors (Lipinski definition) is 6. The number of hydrogen-bond donors (Lipinski definition) is 0. The van der Waals surface area contributed by atoms with Crippen LogP contribution in [0.1, 0.15) is 25.0 Å². The van der Waals surface area contributed by atoms with Crippen LogP contribution >= 0.6 is 0 Å². The van der Waals surface area contributed by atoms with E-state index in [4.69, 9.17) is 9.47 Å². The molecular weight excluding hydrogens is 254 g/mol. The van der Waals surface area contributed by atoms with E-state index in [1.807, 2.05) is 0 Å². The van der Waals surface area contributed by atoms with E-state index >= 15 is 0 Å². The van der Waals surface area contributed by atoms with Gasteiger partial charge in [0.05, 0.1) is 4.92 Å². The van der Waals surface area contributed by atoms with Crippen LogP contribution < -0.4 is 9.47 Å². The van der Waals surface area contributed by atoms with Gasteiger partial charge in [0.15, 0.2) is 0 Å². The van der Waals surface area contributed by atoms with E-state index in [0.717, 1.165) is 6.92 Å². The van der Waals surface area contributed by atoms with Gasteiger partial charge < -0.3 is 9.47 Å². The van der Waals surface area contributed by atoms with Crippen LogP contribution in [0.15, 0.2) is 6.07 Å². The number of nitro benzene ring substituents is 1. The van der Waals surface area contributed by atoms with E-state index in [1.54, 1.807) is 6.92 Å². The summed E-state index contributed by atoms with van der Waals surface area (Å²) in [7, 11) is 0. The summed E-state index contributed by atoms with van der Waals surface area (Å²) >= 11 is 0. The highest BCUT2D eigenvalue weighted by Gasteiger charge is 2.25. The number of carbonyl (C=O) groups is 2. The van der Waals surface area contributed by atoms with Gasteiger partial charge in [-0.05, 0) is 19.4 Å². The Labute approximate surface area is 109 Å². The Bertz CT molecular complexity index is 564. The fraction of sp³-hybridized carbons (Fsp3) is 0.333. The minimum absolute atomic E-state index is 0.161. The number of ether oxygens (including phenoxy) is 2. The summed E-state index contributed by atoms with van der Waals surface area (Å²) in [6.45, 7) is 5.40. The number of rotatable bonds is 3. The van der Waals surface area contributed by atoms with E-state index in [0.29, 0.717) is 5.56 Å². The fourth-order valence-corrected chi connectivity index (χ4v) is 1.64. The summed E-state index contributed by atoms with van der Waals surface area (Å²) in [5, 5.41) is 10.9. The van der Waals surface area contributed by atoms with Crippen LogP contribution in [0.2, 0.25) is 0 Å². The molecule has 1 rings (SSSR count). The van der Waals surface area contributed by atoms with Crippen molar-refractivity contribution < 1.29 is 24.0 Å². The minimum Gasteiger partial charge on any atom is -0.426 e. The Morgan fingerprint density at radius 3 is 2.00 bits per heavy atom. The molecule has 0 saturated heterocycles. The quantitative estimate of drug-likeness (QED) is 0.360. The van der Waals surface area contributed by atoms with Crippen molar-refractivity contribution in [1.82, 2.24) is 0 Å². The van der Waals surface area contributed by atoms with Gasteiger partial charge in [-0.15, -0.1) is 0 Å². The predicted molar refractivity (Wildman–Crippen MR) is 65.2 cm³/mol. The number of benzene rings is 1. The molecule has 0 aliphatic carbocycles. The fourth-order valence-electron chi connectivity index (χ4n) is 1.64. The molecule has 0 aliphatic heterocycles. The summed E-state index contributed by atoms with van der Waals surface area (Å²) in [4.78, 5) is 32.3. The zero-order valence-electron chi connectivity index (χ0n) is 11.0. The van der Waals surface area contributed by atoms with Gasteiger partial charge in [-0.1, -0.05) is 0 Å². The van der Waals surface area contributed by atoms with Crippen molar-refractivity contribution in [1.29, 1.82) is 0 Å². The Kier molecular flexibility index (Phi) is 4.21. The van der Waals surface area contributed by atoms with Crippen LogP contribution in [0.25, 0.3) is 0 Å². The Morgan fingerprint density at radius 1 is 1.11 bits per heavy atom. The van der Waals surface area contributed by atoms with Gasteiger partial charge >= 0.3 is 17.6 Å². The van der Waals surface area contributed by atoms with E-state index in [2.05, 4.69) is 0 Å². The molecule has 0 aliphatic rings. The molecule has 102 valence electrons. The second-order valence-corrected chi connectivity index (χ2v) is 3.94. The Morgan fingerprint density at radius 2 is 1.58 bits per heavy atom. The van der Waals surface area contributed by atoms with Crippen molar-refractivity contribution in [2.24, 2.45) is 0 Å². The molecule has 0 radical (unpaired) electrons. The van der Waals surface area contributed by atoms with Gasteiger partial charge in [0.2, 0.25) is 5.75 Å². The first-order valence-electron chi connectivity index (χ1n) is 5.39. The first-order valence-corrected chi connectivity index (χ1v) is 5.39. The molecule has 0 aromatic heterocycles. The lowest BCUT2D eigenvalue weighted by molar-refractivity contribution is -0.385. The first kappa shape index (κ1) is 14.6. The molecule has 19 heavy (non-hydrogen) atoms. The van der Waals surface area contributed by atoms with Crippen LogP contribution in [0.3, 0.4) is 0 Å². The molecule has 7 heteroatoms. The molecule has 7 nitrogen and oxygen atoms in total. The Balaban J connectivity index is 3.50. The van der Waals surface area contributed by atoms with Gasteiger partial charge in [0.25, 0.3) is 0 Å². The van der Waals surface area contributed by atoms with Crippen LogP contribution in [0, 0.1) is 24.0 Å². The molecule has 0 amide bonds. The second-order valence-electron chi connectivity index (χ2n) is 3.94. The van der Waals surface area contributed by atoms with Crippen molar-refractivity contribution in [2.45, 2.75) is 27.7 Å². The molecule has 0 bridgehead atoms. The summed E-state index contributed by atoms with van der Waals surface area (Å²) in [6.07, 6.45) is 0. The van der Waals surface area contributed by atoms with Gasteiger partial charge in [0, 0.05) is 25.5 Å². The SMILES string of the molecule is CC(=O)Oc1c(C)cc([N+](=O)[O-])c(OC(C)=O)c1C. The minimum atomic E-state index is -0.691. The van der Waals surface area contributed by atoms with E-state index < -0.39 is 16.9 Å². The topological polar surface area (TPSA) is 95.7 Å². The molecule has 0 saturated carbocycles. The lowest BCUT2D eigenvalue weighted by atomic mass is 10.1.